The summed E-state index contributed by atoms with van der Waals surface area (Å²) < 4.78 is 28.5. The molecule has 5 heteroatoms. The van der Waals surface area contributed by atoms with Gasteiger partial charge in [0.2, 0.25) is 0 Å². The van der Waals surface area contributed by atoms with Crippen LogP contribution in [0.4, 0.5) is 0 Å². The van der Waals surface area contributed by atoms with Crippen molar-refractivity contribution in [1.82, 2.24) is 0 Å². The van der Waals surface area contributed by atoms with Crippen molar-refractivity contribution in [3.63, 3.8) is 0 Å². The number of rotatable bonds is 3. The summed E-state index contributed by atoms with van der Waals surface area (Å²) in [4.78, 5) is 0. The summed E-state index contributed by atoms with van der Waals surface area (Å²) in [6, 6.07) is 1.81. The van der Waals surface area contributed by atoms with Crippen LogP contribution in [-0.4, -0.2) is 25.0 Å². The van der Waals surface area contributed by atoms with Gasteiger partial charge >= 0.3 is 0 Å². The molecule has 18 heavy (non-hydrogen) atoms. The van der Waals surface area contributed by atoms with Gasteiger partial charge in [0.05, 0.1) is 11.5 Å². The van der Waals surface area contributed by atoms with E-state index >= 15 is 0 Å². The fourth-order valence-corrected chi connectivity index (χ4v) is 3.95. The van der Waals surface area contributed by atoms with E-state index in [9.17, 15) is 13.5 Å². The second kappa shape index (κ2) is 5.05. The molecular weight excluding hydrogens is 252 g/mol. The van der Waals surface area contributed by atoms with Crippen molar-refractivity contribution >= 4 is 9.84 Å². The Balaban J connectivity index is 2.12. The molecule has 0 spiro atoms. The van der Waals surface area contributed by atoms with Gasteiger partial charge in [-0.15, -0.1) is 0 Å². The van der Waals surface area contributed by atoms with E-state index in [4.69, 9.17) is 4.42 Å². The zero-order chi connectivity index (χ0) is 13.3. The van der Waals surface area contributed by atoms with Crippen LogP contribution in [0.5, 0.6) is 0 Å². The SMILES string of the molecule is Cc1ccoc1C(O)C1CCCC(S(C)(=O)=O)C1. The van der Waals surface area contributed by atoms with E-state index in [-0.39, 0.29) is 11.2 Å². The zero-order valence-electron chi connectivity index (χ0n) is 10.8. The van der Waals surface area contributed by atoms with Gasteiger partial charge in [-0.2, -0.15) is 0 Å². The number of aliphatic hydroxyl groups is 1. The molecule has 1 aromatic heterocycles. The monoisotopic (exact) mass is 272 g/mol. The van der Waals surface area contributed by atoms with Gasteiger partial charge in [0, 0.05) is 6.26 Å². The van der Waals surface area contributed by atoms with E-state index in [0.717, 1.165) is 18.4 Å². The largest absolute Gasteiger partial charge is 0.466 e. The minimum absolute atomic E-state index is 0.0247. The van der Waals surface area contributed by atoms with Gasteiger partial charge in [0.1, 0.15) is 21.7 Å². The Morgan fingerprint density at radius 1 is 1.44 bits per heavy atom. The third-order valence-corrected chi connectivity index (χ3v) is 5.53. The summed E-state index contributed by atoms with van der Waals surface area (Å²) in [5.74, 6) is 0.553. The molecular formula is C13H20O4S. The molecule has 0 radical (unpaired) electrons. The van der Waals surface area contributed by atoms with Crippen LogP contribution in [0.15, 0.2) is 16.7 Å². The van der Waals surface area contributed by atoms with E-state index in [1.165, 1.54) is 6.26 Å². The molecule has 0 aromatic carbocycles. The van der Waals surface area contributed by atoms with E-state index in [2.05, 4.69) is 0 Å². The first-order valence-corrected chi connectivity index (χ1v) is 8.26. The summed E-state index contributed by atoms with van der Waals surface area (Å²) in [6.07, 6.45) is 5.09. The van der Waals surface area contributed by atoms with Crippen molar-refractivity contribution in [1.29, 1.82) is 0 Å². The lowest BCUT2D eigenvalue weighted by Gasteiger charge is -2.30. The highest BCUT2D eigenvalue weighted by Crippen LogP contribution is 2.37. The molecule has 0 saturated heterocycles. The predicted octanol–water partition coefficient (Wildman–Crippen LogP) is 2.22. The van der Waals surface area contributed by atoms with Crippen LogP contribution in [0.25, 0.3) is 0 Å². The summed E-state index contributed by atoms with van der Waals surface area (Å²) in [5, 5.41) is 9.99. The van der Waals surface area contributed by atoms with Crippen LogP contribution in [0.1, 0.15) is 43.1 Å². The van der Waals surface area contributed by atoms with Gasteiger partial charge in [-0.3, -0.25) is 0 Å². The fourth-order valence-electron chi connectivity index (χ4n) is 2.76. The average molecular weight is 272 g/mol. The Labute approximate surface area is 108 Å². The molecule has 1 heterocycles. The fraction of sp³-hybridized carbons (Fsp3) is 0.692. The number of aliphatic hydroxyl groups excluding tert-OH is 1. The molecule has 4 nitrogen and oxygen atoms in total. The smallest absolute Gasteiger partial charge is 0.150 e. The summed E-state index contributed by atoms with van der Waals surface area (Å²) in [7, 11) is -3.01. The molecule has 1 saturated carbocycles. The highest BCUT2D eigenvalue weighted by molar-refractivity contribution is 7.91. The van der Waals surface area contributed by atoms with Crippen LogP contribution in [0.3, 0.4) is 0 Å². The Morgan fingerprint density at radius 3 is 2.72 bits per heavy atom. The molecule has 0 amide bonds. The van der Waals surface area contributed by atoms with Gasteiger partial charge in [-0.1, -0.05) is 6.42 Å². The topological polar surface area (TPSA) is 67.5 Å². The Bertz CT molecular complexity index is 503. The minimum Gasteiger partial charge on any atom is -0.466 e. The normalized spacial score (nSPS) is 27.1. The average Bonchev–Trinajstić information content (AvgIpc) is 2.73. The lowest BCUT2D eigenvalue weighted by Crippen LogP contribution is -2.30. The van der Waals surface area contributed by atoms with Gasteiger partial charge < -0.3 is 9.52 Å². The molecule has 2 rings (SSSR count). The molecule has 3 unspecified atom stereocenters. The number of sulfone groups is 1. The molecule has 1 aromatic rings. The number of hydrogen-bond donors (Lipinski definition) is 1. The van der Waals surface area contributed by atoms with Crippen LogP contribution < -0.4 is 0 Å². The maximum absolute atomic E-state index is 11.6. The van der Waals surface area contributed by atoms with Gasteiger partial charge in [-0.25, -0.2) is 8.42 Å². The first-order chi connectivity index (χ1) is 8.39. The molecule has 1 aliphatic rings. The van der Waals surface area contributed by atoms with Gasteiger partial charge in [-0.05, 0) is 43.7 Å². The van der Waals surface area contributed by atoms with Crippen molar-refractivity contribution in [2.75, 3.05) is 6.26 Å². The van der Waals surface area contributed by atoms with Crippen molar-refractivity contribution in [3.05, 3.63) is 23.7 Å². The highest BCUT2D eigenvalue weighted by atomic mass is 32.2. The van der Waals surface area contributed by atoms with E-state index in [1.54, 1.807) is 6.26 Å². The number of hydrogen-bond acceptors (Lipinski definition) is 4. The maximum Gasteiger partial charge on any atom is 0.150 e. The zero-order valence-corrected chi connectivity index (χ0v) is 11.6. The Hall–Kier alpha value is -0.810. The van der Waals surface area contributed by atoms with E-state index in [0.29, 0.717) is 18.6 Å². The number of furan rings is 1. The summed E-state index contributed by atoms with van der Waals surface area (Å²) in [5.41, 5.74) is 0.920. The minimum atomic E-state index is -3.01. The molecule has 1 aliphatic carbocycles. The molecule has 3 atom stereocenters. The van der Waals surface area contributed by atoms with Crippen molar-refractivity contribution in [2.24, 2.45) is 5.92 Å². The molecule has 0 bridgehead atoms. The molecule has 0 aliphatic heterocycles. The summed E-state index contributed by atoms with van der Waals surface area (Å²) >= 11 is 0. The third kappa shape index (κ3) is 2.78. The van der Waals surface area contributed by atoms with Crippen LogP contribution >= 0.6 is 0 Å². The molecule has 102 valence electrons. The van der Waals surface area contributed by atoms with Crippen molar-refractivity contribution < 1.29 is 17.9 Å². The van der Waals surface area contributed by atoms with Gasteiger partial charge in [0.25, 0.3) is 0 Å². The standard InChI is InChI=1S/C13H20O4S/c1-9-6-7-17-13(9)12(14)10-4-3-5-11(8-10)18(2,15)16/h6-7,10-12,14H,3-5,8H2,1-2H3. The number of aryl methyl sites for hydroxylation is 1. The molecule has 1 fully saturated rings. The van der Waals surface area contributed by atoms with Crippen LogP contribution in [0.2, 0.25) is 0 Å². The van der Waals surface area contributed by atoms with Crippen molar-refractivity contribution in [3.8, 4) is 0 Å². The first-order valence-electron chi connectivity index (χ1n) is 6.30. The predicted molar refractivity (Wildman–Crippen MR) is 69.0 cm³/mol. The van der Waals surface area contributed by atoms with E-state index < -0.39 is 15.9 Å². The Kier molecular flexibility index (Phi) is 3.82. The molecule has 1 N–H and O–H groups in total. The van der Waals surface area contributed by atoms with Crippen LogP contribution in [0, 0.1) is 12.8 Å². The highest BCUT2D eigenvalue weighted by Gasteiger charge is 2.34. The summed E-state index contributed by atoms with van der Waals surface area (Å²) in [6.45, 7) is 1.89. The second-order valence-electron chi connectivity index (χ2n) is 5.29. The maximum atomic E-state index is 11.6. The van der Waals surface area contributed by atoms with Crippen molar-refractivity contribution in [2.45, 2.75) is 44.0 Å². The lowest BCUT2D eigenvalue weighted by atomic mass is 9.83. The van der Waals surface area contributed by atoms with Gasteiger partial charge in [0.15, 0.2) is 0 Å². The first kappa shape index (κ1) is 13.6. The third-order valence-electron chi connectivity index (χ3n) is 3.89. The second-order valence-corrected chi connectivity index (χ2v) is 7.62. The van der Waals surface area contributed by atoms with Crippen LogP contribution in [-0.2, 0) is 9.84 Å². The van der Waals surface area contributed by atoms with E-state index in [1.807, 2.05) is 13.0 Å². The quantitative estimate of drug-likeness (QED) is 0.916. The lowest BCUT2D eigenvalue weighted by molar-refractivity contribution is 0.0655. The Morgan fingerprint density at radius 2 is 2.17 bits per heavy atom.